The molecular weight excluding hydrogens is 413 g/mol. The third kappa shape index (κ3) is 4.55. The van der Waals surface area contributed by atoms with Crippen LogP contribution in [-0.4, -0.2) is 17.1 Å². The van der Waals surface area contributed by atoms with E-state index in [0.29, 0.717) is 27.2 Å². The lowest BCUT2D eigenvalue weighted by molar-refractivity contribution is 0.342. The Labute approximate surface area is 180 Å². The van der Waals surface area contributed by atoms with Gasteiger partial charge in [-0.15, -0.1) is 0 Å². The minimum absolute atomic E-state index is 0.359. The summed E-state index contributed by atoms with van der Waals surface area (Å²) >= 11 is 18.3. The van der Waals surface area contributed by atoms with E-state index in [9.17, 15) is 0 Å². The summed E-state index contributed by atoms with van der Waals surface area (Å²) in [4.78, 5) is 4.44. The van der Waals surface area contributed by atoms with Gasteiger partial charge in [-0.25, -0.2) is 0 Å². The molecule has 0 saturated heterocycles. The van der Waals surface area contributed by atoms with Crippen LogP contribution in [0.3, 0.4) is 0 Å². The molecule has 0 aliphatic heterocycles. The summed E-state index contributed by atoms with van der Waals surface area (Å²) in [5, 5.41) is 10.5. The molecule has 4 rings (SSSR count). The second-order valence-corrected chi connectivity index (χ2v) is 8.54. The molecule has 3 aromatic rings. The number of rotatable bonds is 5. The van der Waals surface area contributed by atoms with Gasteiger partial charge in [0, 0.05) is 40.9 Å². The molecular formula is C22H22Cl3N3. The molecule has 0 bridgehead atoms. The Hall–Kier alpha value is -1.52. The molecule has 2 atom stereocenters. The number of aromatic nitrogens is 1. The van der Waals surface area contributed by atoms with Gasteiger partial charge in [0.15, 0.2) is 0 Å². The van der Waals surface area contributed by atoms with Gasteiger partial charge in [-0.3, -0.25) is 4.98 Å². The van der Waals surface area contributed by atoms with Crippen molar-refractivity contribution in [3.8, 4) is 0 Å². The van der Waals surface area contributed by atoms with Crippen molar-refractivity contribution in [2.75, 3.05) is 5.32 Å². The zero-order valence-electron chi connectivity index (χ0n) is 15.4. The Bertz CT molecular complexity index is 976. The van der Waals surface area contributed by atoms with Crippen LogP contribution in [0, 0.1) is 0 Å². The first-order valence-corrected chi connectivity index (χ1v) is 10.7. The van der Waals surface area contributed by atoms with Gasteiger partial charge in [-0.1, -0.05) is 53.7 Å². The normalized spacial score (nSPS) is 19.7. The van der Waals surface area contributed by atoms with Crippen LogP contribution < -0.4 is 10.6 Å². The number of fused-ring (bicyclic) bond motifs is 1. The molecule has 1 aromatic heterocycles. The Morgan fingerprint density at radius 3 is 2.54 bits per heavy atom. The first kappa shape index (κ1) is 19.8. The molecule has 1 heterocycles. The Morgan fingerprint density at radius 2 is 1.71 bits per heavy atom. The number of hydrogen-bond acceptors (Lipinski definition) is 3. The molecule has 1 fully saturated rings. The molecule has 1 saturated carbocycles. The third-order valence-corrected chi connectivity index (χ3v) is 6.34. The van der Waals surface area contributed by atoms with Gasteiger partial charge in [-0.2, -0.15) is 0 Å². The third-order valence-electron chi connectivity index (χ3n) is 5.36. The van der Waals surface area contributed by atoms with E-state index in [1.165, 1.54) is 12.8 Å². The van der Waals surface area contributed by atoms with Crippen LogP contribution in [0.2, 0.25) is 15.1 Å². The molecule has 6 heteroatoms. The average molecular weight is 435 g/mol. The van der Waals surface area contributed by atoms with E-state index < -0.39 is 0 Å². The molecule has 0 unspecified atom stereocenters. The van der Waals surface area contributed by atoms with Gasteiger partial charge in [-0.05, 0) is 54.8 Å². The minimum atomic E-state index is 0.359. The summed E-state index contributed by atoms with van der Waals surface area (Å²) in [7, 11) is 0. The fourth-order valence-electron chi connectivity index (χ4n) is 3.89. The Kier molecular flexibility index (Phi) is 6.27. The van der Waals surface area contributed by atoms with Crippen LogP contribution in [0.4, 0.5) is 5.69 Å². The molecule has 0 radical (unpaired) electrons. The maximum atomic E-state index is 6.15. The van der Waals surface area contributed by atoms with Crippen LogP contribution in [-0.2, 0) is 6.54 Å². The highest BCUT2D eigenvalue weighted by Gasteiger charge is 2.25. The maximum absolute atomic E-state index is 6.15. The predicted octanol–water partition coefficient (Wildman–Crippen LogP) is 6.71. The summed E-state index contributed by atoms with van der Waals surface area (Å²) in [5.74, 6) is 0. The highest BCUT2D eigenvalue weighted by molar-refractivity contribution is 6.42. The van der Waals surface area contributed by atoms with Gasteiger partial charge in [0.25, 0.3) is 0 Å². The standard InChI is InChI=1S/C22H22Cl3N3/c23-15-6-7-16-19(9-10-26-22(16)12-15)28-21-4-2-1-3-20(21)27-13-14-5-8-17(24)18(25)11-14/h5-12,20-21,27H,1-4,13H2,(H,26,28)/t20-,21-/m0/s1. The SMILES string of the molecule is Clc1ccc2c(N[C@H]3CCCC[C@@H]3NCc3ccc(Cl)c(Cl)c3)ccnc2c1. The van der Waals surface area contributed by atoms with Crippen molar-refractivity contribution < 1.29 is 0 Å². The zero-order valence-corrected chi connectivity index (χ0v) is 17.7. The van der Waals surface area contributed by atoms with E-state index in [0.717, 1.165) is 41.5 Å². The topological polar surface area (TPSA) is 37.0 Å². The number of anilines is 1. The smallest absolute Gasteiger partial charge is 0.0737 e. The van der Waals surface area contributed by atoms with Crippen LogP contribution in [0.5, 0.6) is 0 Å². The average Bonchev–Trinajstić information content (AvgIpc) is 2.70. The Morgan fingerprint density at radius 1 is 0.893 bits per heavy atom. The van der Waals surface area contributed by atoms with Crippen molar-refractivity contribution in [2.45, 2.75) is 44.3 Å². The van der Waals surface area contributed by atoms with Crippen LogP contribution in [0.15, 0.2) is 48.7 Å². The van der Waals surface area contributed by atoms with E-state index >= 15 is 0 Å². The number of nitrogens with one attached hydrogen (secondary N) is 2. The summed E-state index contributed by atoms with van der Waals surface area (Å²) < 4.78 is 0. The number of halogens is 3. The first-order chi connectivity index (χ1) is 13.6. The van der Waals surface area contributed by atoms with Crippen LogP contribution >= 0.6 is 34.8 Å². The second kappa shape index (κ2) is 8.87. The molecule has 0 spiro atoms. The molecule has 28 heavy (non-hydrogen) atoms. The molecule has 2 aromatic carbocycles. The van der Waals surface area contributed by atoms with Gasteiger partial charge >= 0.3 is 0 Å². The van der Waals surface area contributed by atoms with Crippen molar-refractivity contribution in [1.29, 1.82) is 0 Å². The molecule has 1 aliphatic rings. The quantitative estimate of drug-likeness (QED) is 0.468. The maximum Gasteiger partial charge on any atom is 0.0737 e. The van der Waals surface area contributed by atoms with E-state index in [2.05, 4.69) is 15.6 Å². The van der Waals surface area contributed by atoms with E-state index in [4.69, 9.17) is 34.8 Å². The number of nitrogens with zero attached hydrogens (tertiary/aromatic N) is 1. The lowest BCUT2D eigenvalue weighted by atomic mass is 9.89. The highest BCUT2D eigenvalue weighted by atomic mass is 35.5. The molecule has 1 aliphatic carbocycles. The summed E-state index contributed by atoms with van der Waals surface area (Å²) in [5.41, 5.74) is 3.16. The van der Waals surface area contributed by atoms with Crippen molar-refractivity contribution in [2.24, 2.45) is 0 Å². The zero-order chi connectivity index (χ0) is 19.5. The van der Waals surface area contributed by atoms with Crippen LogP contribution in [0.25, 0.3) is 10.9 Å². The lowest BCUT2D eigenvalue weighted by Gasteiger charge is -2.34. The summed E-state index contributed by atoms with van der Waals surface area (Å²) in [6.45, 7) is 0.770. The van der Waals surface area contributed by atoms with Gasteiger partial charge in [0.2, 0.25) is 0 Å². The molecule has 0 amide bonds. The Balaban J connectivity index is 1.49. The van der Waals surface area contributed by atoms with E-state index in [1.807, 2.05) is 48.7 Å². The van der Waals surface area contributed by atoms with Gasteiger partial charge < -0.3 is 10.6 Å². The minimum Gasteiger partial charge on any atom is -0.380 e. The van der Waals surface area contributed by atoms with E-state index in [-0.39, 0.29) is 0 Å². The van der Waals surface area contributed by atoms with Crippen molar-refractivity contribution >= 4 is 51.4 Å². The lowest BCUT2D eigenvalue weighted by Crippen LogP contribution is -2.45. The van der Waals surface area contributed by atoms with Gasteiger partial charge in [0.1, 0.15) is 0 Å². The second-order valence-electron chi connectivity index (χ2n) is 7.29. The number of hydrogen-bond donors (Lipinski definition) is 2. The first-order valence-electron chi connectivity index (χ1n) is 9.58. The summed E-state index contributed by atoms with van der Waals surface area (Å²) in [6, 6.07) is 14.5. The largest absolute Gasteiger partial charge is 0.380 e. The van der Waals surface area contributed by atoms with E-state index in [1.54, 1.807) is 0 Å². The van der Waals surface area contributed by atoms with Gasteiger partial charge in [0.05, 0.1) is 15.6 Å². The fourth-order valence-corrected chi connectivity index (χ4v) is 4.38. The summed E-state index contributed by atoms with van der Waals surface area (Å²) in [6.07, 6.45) is 6.59. The fraction of sp³-hybridized carbons (Fsp3) is 0.318. The van der Waals surface area contributed by atoms with Crippen LogP contribution in [0.1, 0.15) is 31.2 Å². The number of pyridine rings is 1. The van der Waals surface area contributed by atoms with Crippen molar-refractivity contribution in [3.63, 3.8) is 0 Å². The highest BCUT2D eigenvalue weighted by Crippen LogP contribution is 2.29. The van der Waals surface area contributed by atoms with Crippen molar-refractivity contribution in [3.05, 3.63) is 69.3 Å². The van der Waals surface area contributed by atoms with Crippen molar-refractivity contribution in [1.82, 2.24) is 10.3 Å². The predicted molar refractivity (Wildman–Crippen MR) is 120 cm³/mol. The monoisotopic (exact) mass is 433 g/mol. The number of benzene rings is 2. The molecule has 3 nitrogen and oxygen atoms in total. The molecule has 2 N–H and O–H groups in total. The molecule has 146 valence electrons.